The van der Waals surface area contributed by atoms with Gasteiger partial charge in [-0.25, -0.2) is 0 Å². The molecule has 0 spiro atoms. The number of ether oxygens (including phenoxy) is 2. The fourth-order valence-corrected chi connectivity index (χ4v) is 3.16. The summed E-state index contributed by atoms with van der Waals surface area (Å²) < 4.78 is 36.7. The van der Waals surface area contributed by atoms with Gasteiger partial charge in [0.05, 0.1) is 0 Å². The lowest BCUT2D eigenvalue weighted by Gasteiger charge is -2.14. The van der Waals surface area contributed by atoms with E-state index >= 15 is 0 Å². The van der Waals surface area contributed by atoms with Crippen LogP contribution in [0.1, 0.15) is 28.7 Å². The highest BCUT2D eigenvalue weighted by Crippen LogP contribution is 2.25. The van der Waals surface area contributed by atoms with E-state index in [4.69, 9.17) is 4.74 Å². The third-order valence-corrected chi connectivity index (χ3v) is 4.44. The number of hydrogen-bond donors (Lipinski definition) is 0. The molecule has 1 aromatic heterocycles. The normalized spacial score (nSPS) is 12.1. The standard InChI is InChI=1S/C22H21F2NO3/c1-14-13-20(21(26)16(3)27-18-7-5-4-6-8-18)15(2)25(14)17-9-11-19(12-10-17)28-22(23)24/h4-13,16,22H,1-3H3. The van der Waals surface area contributed by atoms with Crippen molar-refractivity contribution in [1.82, 2.24) is 4.57 Å². The van der Waals surface area contributed by atoms with Gasteiger partial charge in [-0.1, -0.05) is 18.2 Å². The van der Waals surface area contributed by atoms with Gasteiger partial charge in [-0.2, -0.15) is 8.78 Å². The molecular formula is C22H21F2NO3. The van der Waals surface area contributed by atoms with Crippen LogP contribution in [0.3, 0.4) is 0 Å². The summed E-state index contributed by atoms with van der Waals surface area (Å²) >= 11 is 0. The van der Waals surface area contributed by atoms with Crippen LogP contribution in [-0.4, -0.2) is 23.1 Å². The van der Waals surface area contributed by atoms with Crippen molar-refractivity contribution in [3.05, 3.63) is 77.6 Å². The van der Waals surface area contributed by atoms with E-state index in [1.165, 1.54) is 12.1 Å². The lowest BCUT2D eigenvalue weighted by Crippen LogP contribution is -2.24. The first-order chi connectivity index (χ1) is 13.4. The van der Waals surface area contributed by atoms with Crippen molar-refractivity contribution in [1.29, 1.82) is 0 Å². The van der Waals surface area contributed by atoms with E-state index < -0.39 is 12.7 Å². The van der Waals surface area contributed by atoms with E-state index in [0.717, 1.165) is 17.1 Å². The Morgan fingerprint density at radius 2 is 1.54 bits per heavy atom. The van der Waals surface area contributed by atoms with Crippen LogP contribution < -0.4 is 9.47 Å². The number of carbonyl (C=O) groups is 1. The van der Waals surface area contributed by atoms with E-state index in [1.807, 2.05) is 42.7 Å². The second kappa shape index (κ2) is 8.25. The fourth-order valence-electron chi connectivity index (χ4n) is 3.16. The summed E-state index contributed by atoms with van der Waals surface area (Å²) in [6, 6.07) is 17.3. The van der Waals surface area contributed by atoms with E-state index in [0.29, 0.717) is 11.3 Å². The molecule has 0 bridgehead atoms. The number of nitrogens with zero attached hydrogens (tertiary/aromatic N) is 1. The van der Waals surface area contributed by atoms with E-state index in [2.05, 4.69) is 4.74 Å². The van der Waals surface area contributed by atoms with Crippen LogP contribution in [0, 0.1) is 13.8 Å². The highest BCUT2D eigenvalue weighted by Gasteiger charge is 2.23. The number of halogens is 2. The van der Waals surface area contributed by atoms with Gasteiger partial charge in [0.25, 0.3) is 0 Å². The van der Waals surface area contributed by atoms with Crippen LogP contribution in [0.5, 0.6) is 11.5 Å². The van der Waals surface area contributed by atoms with Gasteiger partial charge in [-0.3, -0.25) is 4.79 Å². The van der Waals surface area contributed by atoms with E-state index in [9.17, 15) is 13.6 Å². The van der Waals surface area contributed by atoms with Gasteiger partial charge in [0, 0.05) is 22.6 Å². The van der Waals surface area contributed by atoms with Gasteiger partial charge in [-0.15, -0.1) is 0 Å². The van der Waals surface area contributed by atoms with Gasteiger partial charge in [0.15, 0.2) is 6.10 Å². The zero-order valence-corrected chi connectivity index (χ0v) is 15.9. The van der Waals surface area contributed by atoms with Crippen LogP contribution >= 0.6 is 0 Å². The van der Waals surface area contributed by atoms with Crippen LogP contribution in [0.4, 0.5) is 8.78 Å². The molecule has 3 aromatic rings. The third-order valence-electron chi connectivity index (χ3n) is 4.44. The number of aryl methyl sites for hydroxylation is 1. The maximum atomic E-state index is 12.9. The summed E-state index contributed by atoms with van der Waals surface area (Å²) in [6.45, 7) is 2.59. The number of benzene rings is 2. The summed E-state index contributed by atoms with van der Waals surface area (Å²) in [4.78, 5) is 12.9. The number of para-hydroxylation sites is 1. The Kier molecular flexibility index (Phi) is 5.78. The molecule has 6 heteroatoms. The number of hydrogen-bond acceptors (Lipinski definition) is 3. The molecular weight excluding hydrogens is 364 g/mol. The molecule has 1 unspecified atom stereocenters. The summed E-state index contributed by atoms with van der Waals surface area (Å²) in [5, 5.41) is 0. The van der Waals surface area contributed by atoms with Crippen LogP contribution in [-0.2, 0) is 0 Å². The molecule has 0 amide bonds. The Morgan fingerprint density at radius 3 is 2.14 bits per heavy atom. The Labute approximate surface area is 162 Å². The van der Waals surface area contributed by atoms with E-state index in [1.54, 1.807) is 31.2 Å². The molecule has 0 N–H and O–H groups in total. The molecule has 146 valence electrons. The first-order valence-electron chi connectivity index (χ1n) is 8.87. The minimum absolute atomic E-state index is 0.0856. The predicted octanol–water partition coefficient (Wildman–Crippen LogP) is 5.35. The molecule has 0 radical (unpaired) electrons. The molecule has 0 saturated carbocycles. The van der Waals surface area contributed by atoms with Crippen molar-refractivity contribution in [2.24, 2.45) is 0 Å². The number of aromatic nitrogens is 1. The predicted molar refractivity (Wildman–Crippen MR) is 103 cm³/mol. The smallest absolute Gasteiger partial charge is 0.387 e. The summed E-state index contributed by atoms with van der Waals surface area (Å²) in [5.74, 6) is 0.593. The van der Waals surface area contributed by atoms with Crippen molar-refractivity contribution in [3.8, 4) is 17.2 Å². The molecule has 0 saturated heterocycles. The molecule has 4 nitrogen and oxygen atoms in total. The fraction of sp³-hybridized carbons (Fsp3) is 0.227. The largest absolute Gasteiger partial charge is 0.483 e. The Balaban J connectivity index is 1.84. The van der Waals surface area contributed by atoms with Crippen molar-refractivity contribution in [3.63, 3.8) is 0 Å². The van der Waals surface area contributed by atoms with Crippen molar-refractivity contribution in [2.75, 3.05) is 0 Å². The molecule has 2 aromatic carbocycles. The monoisotopic (exact) mass is 385 g/mol. The average Bonchev–Trinajstić information content (AvgIpc) is 2.96. The number of rotatable bonds is 7. The Hall–Kier alpha value is -3.15. The quantitative estimate of drug-likeness (QED) is 0.515. The zero-order valence-electron chi connectivity index (χ0n) is 15.9. The molecule has 0 fully saturated rings. The van der Waals surface area contributed by atoms with Crippen molar-refractivity contribution >= 4 is 5.78 Å². The Morgan fingerprint density at radius 1 is 0.929 bits per heavy atom. The number of ketones is 1. The van der Waals surface area contributed by atoms with Gasteiger partial charge in [-0.05, 0) is 63.2 Å². The topological polar surface area (TPSA) is 40.5 Å². The highest BCUT2D eigenvalue weighted by atomic mass is 19.3. The maximum absolute atomic E-state index is 12.9. The minimum atomic E-state index is -2.86. The second-order valence-electron chi connectivity index (χ2n) is 6.43. The van der Waals surface area contributed by atoms with Crippen molar-refractivity contribution in [2.45, 2.75) is 33.5 Å². The molecule has 3 rings (SSSR count). The van der Waals surface area contributed by atoms with Gasteiger partial charge < -0.3 is 14.0 Å². The zero-order chi connectivity index (χ0) is 20.3. The second-order valence-corrected chi connectivity index (χ2v) is 6.43. The highest BCUT2D eigenvalue weighted by molar-refractivity contribution is 6.00. The molecule has 0 aliphatic rings. The van der Waals surface area contributed by atoms with Gasteiger partial charge >= 0.3 is 6.61 Å². The Bertz CT molecular complexity index is 950. The van der Waals surface area contributed by atoms with E-state index in [-0.39, 0.29) is 11.5 Å². The molecule has 1 heterocycles. The number of carbonyl (C=O) groups excluding carboxylic acids is 1. The lowest BCUT2D eigenvalue weighted by atomic mass is 10.1. The maximum Gasteiger partial charge on any atom is 0.387 e. The third kappa shape index (κ3) is 4.22. The molecule has 28 heavy (non-hydrogen) atoms. The average molecular weight is 385 g/mol. The summed E-state index contributed by atoms with van der Waals surface area (Å²) in [7, 11) is 0. The lowest BCUT2D eigenvalue weighted by molar-refractivity contribution is -0.0498. The molecule has 1 atom stereocenters. The van der Waals surface area contributed by atoms with Gasteiger partial charge in [0.2, 0.25) is 5.78 Å². The summed E-state index contributed by atoms with van der Waals surface area (Å²) in [6.07, 6.45) is -0.641. The van der Waals surface area contributed by atoms with Crippen molar-refractivity contribution < 1.29 is 23.0 Å². The molecule has 0 aliphatic carbocycles. The first-order valence-corrected chi connectivity index (χ1v) is 8.87. The van der Waals surface area contributed by atoms with Crippen LogP contribution in [0.2, 0.25) is 0 Å². The number of Topliss-reactive ketones (excluding diaryl/α,β-unsaturated/α-hetero) is 1. The van der Waals surface area contributed by atoms with Gasteiger partial charge in [0.1, 0.15) is 11.5 Å². The number of alkyl halides is 2. The first kappa shape index (κ1) is 19.6. The molecule has 0 aliphatic heterocycles. The van der Waals surface area contributed by atoms with Crippen LogP contribution in [0.15, 0.2) is 60.7 Å². The minimum Gasteiger partial charge on any atom is -0.483 e. The summed E-state index contributed by atoms with van der Waals surface area (Å²) in [5.41, 5.74) is 2.94. The SMILES string of the molecule is Cc1cc(C(=O)C(C)Oc2ccccc2)c(C)n1-c1ccc(OC(F)F)cc1. The van der Waals surface area contributed by atoms with Crippen LogP contribution in [0.25, 0.3) is 5.69 Å².